The second kappa shape index (κ2) is 5.31. The van der Waals surface area contributed by atoms with E-state index in [0.717, 1.165) is 0 Å². The van der Waals surface area contributed by atoms with E-state index in [0.29, 0.717) is 0 Å². The van der Waals surface area contributed by atoms with Gasteiger partial charge in [-0.15, -0.1) is 0 Å². The molecule has 0 rings (SSSR count). The van der Waals surface area contributed by atoms with Gasteiger partial charge in [0.1, 0.15) is 0 Å². The van der Waals surface area contributed by atoms with Gasteiger partial charge in [0.05, 0.1) is 0 Å². The Bertz CT molecular complexity index is 425. The summed E-state index contributed by atoms with van der Waals surface area (Å²) in [4.78, 5) is 10.4. The predicted octanol–water partition coefficient (Wildman–Crippen LogP) is 3.27. The first-order valence-electron chi connectivity index (χ1n) is 4.85. The van der Waals surface area contributed by atoms with Crippen molar-refractivity contribution >= 4 is 5.97 Å². The lowest BCUT2D eigenvalue weighted by Crippen LogP contribution is -2.81. The molecule has 0 aliphatic heterocycles. The largest absolute Gasteiger partial charge is 0.441 e. The molecule has 0 saturated carbocycles. The van der Waals surface area contributed by atoms with Crippen molar-refractivity contribution < 1.29 is 67.3 Å². The molecular weight excluding hydrogens is 372 g/mol. The summed E-state index contributed by atoms with van der Waals surface area (Å²) in [6, 6.07) is 0. The Kier molecular flexibility index (Phi) is 4.98. The molecule has 0 saturated heterocycles. The fraction of sp³-hybridized carbons (Fsp3) is 0.875. The number of ether oxygens (including phenoxy) is 1. The van der Waals surface area contributed by atoms with Crippen LogP contribution in [0.5, 0.6) is 0 Å². The zero-order valence-electron chi connectivity index (χ0n) is 10.3. The van der Waals surface area contributed by atoms with Crippen LogP contribution in [0.3, 0.4) is 0 Å². The normalized spacial score (nSPS) is 15.6. The molecule has 0 fully saturated rings. The maximum absolute atomic E-state index is 12.6. The number of esters is 1. The molecule has 0 atom stereocenters. The lowest BCUT2D eigenvalue weighted by Gasteiger charge is -2.47. The van der Waals surface area contributed by atoms with Gasteiger partial charge in [0.15, 0.2) is 0 Å². The molecule has 3 nitrogen and oxygen atoms in total. The molecule has 15 heteroatoms. The topological polar surface area (TPSA) is 46.5 Å². The smallest absolute Gasteiger partial charge is 0.436 e. The van der Waals surface area contributed by atoms with E-state index in [4.69, 9.17) is 5.11 Å². The Morgan fingerprint density at radius 1 is 0.696 bits per heavy atom. The zero-order valence-corrected chi connectivity index (χ0v) is 10.3. The van der Waals surface area contributed by atoms with Crippen molar-refractivity contribution in [3.05, 3.63) is 0 Å². The van der Waals surface area contributed by atoms with E-state index in [1.54, 1.807) is 0 Å². The van der Waals surface area contributed by atoms with Gasteiger partial charge >= 0.3 is 41.9 Å². The first-order chi connectivity index (χ1) is 9.67. The second-order valence-corrected chi connectivity index (χ2v) is 3.98. The Hall–Kier alpha value is -1.41. The number of aliphatic hydroxyl groups is 1. The molecule has 1 N–H and O–H groups in total. The van der Waals surface area contributed by atoms with Gasteiger partial charge in [-0.1, -0.05) is 0 Å². The molecule has 0 unspecified atom stereocenters. The number of carbonyl (C=O) groups is 1. The quantitative estimate of drug-likeness (QED) is 0.595. The number of halogens is 12. The van der Waals surface area contributed by atoms with Crippen molar-refractivity contribution in [1.82, 2.24) is 0 Å². The minimum absolute atomic E-state index is 0.306. The van der Waals surface area contributed by atoms with Crippen molar-refractivity contribution in [2.75, 3.05) is 0 Å². The third kappa shape index (κ3) is 3.01. The van der Waals surface area contributed by atoms with Crippen molar-refractivity contribution in [3.63, 3.8) is 0 Å². The fourth-order valence-electron chi connectivity index (χ4n) is 1.54. The fourth-order valence-corrected chi connectivity index (χ4v) is 1.54. The van der Waals surface area contributed by atoms with Gasteiger partial charge in [0, 0.05) is 6.92 Å². The van der Waals surface area contributed by atoms with E-state index in [1.807, 2.05) is 0 Å². The Balaban J connectivity index is 7.19. The van der Waals surface area contributed by atoms with Crippen LogP contribution in [0.15, 0.2) is 0 Å². The highest BCUT2D eigenvalue weighted by Gasteiger charge is 2.96. The molecule has 0 radical (unpaired) electrons. The molecule has 0 amide bonds. The summed E-state index contributed by atoms with van der Waals surface area (Å²) in [5.41, 5.74) is -14.8. The van der Waals surface area contributed by atoms with E-state index < -0.39 is 41.9 Å². The van der Waals surface area contributed by atoms with Gasteiger partial charge in [0.2, 0.25) is 0 Å². The molecule has 0 spiro atoms. The lowest BCUT2D eigenvalue weighted by atomic mass is 9.79. The van der Waals surface area contributed by atoms with E-state index in [2.05, 4.69) is 4.74 Å². The van der Waals surface area contributed by atoms with Gasteiger partial charge in [-0.25, -0.2) is 0 Å². The summed E-state index contributed by atoms with van der Waals surface area (Å²) in [7, 11) is 0. The highest BCUT2D eigenvalue weighted by Crippen LogP contribution is 2.61. The monoisotopic (exact) mass is 376 g/mol. The minimum atomic E-state index is -7.56. The Morgan fingerprint density at radius 2 is 0.957 bits per heavy atom. The summed E-state index contributed by atoms with van der Waals surface area (Å²) < 4.78 is 153. The van der Waals surface area contributed by atoms with Crippen molar-refractivity contribution in [3.8, 4) is 0 Å². The second-order valence-electron chi connectivity index (χ2n) is 3.98. The average Bonchev–Trinajstić information content (AvgIpc) is 2.17. The number of rotatable bonds is 2. The minimum Gasteiger partial charge on any atom is -0.436 e. The first kappa shape index (κ1) is 21.6. The molecule has 0 aromatic carbocycles. The van der Waals surface area contributed by atoms with E-state index >= 15 is 0 Å². The van der Waals surface area contributed by atoms with E-state index in [1.165, 1.54) is 0 Å². The molecular formula is C8H4F12O3. The van der Waals surface area contributed by atoms with Crippen LogP contribution in [0.2, 0.25) is 0 Å². The van der Waals surface area contributed by atoms with E-state index in [-0.39, 0.29) is 6.92 Å². The predicted molar refractivity (Wildman–Crippen MR) is 43.7 cm³/mol. The molecule has 0 aromatic rings. The number of hydrogen-bond acceptors (Lipinski definition) is 3. The number of alkyl halides is 12. The van der Waals surface area contributed by atoms with Gasteiger partial charge in [-0.3, -0.25) is 4.79 Å². The summed E-state index contributed by atoms with van der Waals surface area (Å²) >= 11 is 0. The molecule has 0 aromatic heterocycles. The van der Waals surface area contributed by atoms with E-state index in [9.17, 15) is 57.5 Å². The molecule has 138 valence electrons. The average molecular weight is 376 g/mol. The number of hydrogen-bond donors (Lipinski definition) is 1. The van der Waals surface area contributed by atoms with Crippen LogP contribution in [0.25, 0.3) is 0 Å². The summed E-state index contributed by atoms with van der Waals surface area (Å²) in [6.07, 6.45) is -30.2. The SMILES string of the molecule is CC(=O)OC(C(F)(F)F)(C(F)(F)F)C(O)(C(F)(F)F)C(F)(F)F. The zero-order chi connectivity index (χ0) is 19.3. The Morgan fingerprint density at radius 3 is 1.09 bits per heavy atom. The highest BCUT2D eigenvalue weighted by atomic mass is 19.4. The van der Waals surface area contributed by atoms with Crippen LogP contribution in [0.4, 0.5) is 52.7 Å². The van der Waals surface area contributed by atoms with Crippen LogP contribution in [-0.4, -0.2) is 47.0 Å². The summed E-state index contributed by atoms with van der Waals surface area (Å²) in [6.45, 7) is -0.306. The lowest BCUT2D eigenvalue weighted by molar-refractivity contribution is -0.494. The molecule has 23 heavy (non-hydrogen) atoms. The van der Waals surface area contributed by atoms with Crippen molar-refractivity contribution in [2.24, 2.45) is 0 Å². The highest BCUT2D eigenvalue weighted by molar-refractivity contribution is 5.67. The summed E-state index contributed by atoms with van der Waals surface area (Å²) in [5, 5.41) is 8.55. The standard InChI is InChI=1S/C8H4F12O3/c1-2(21)23-4(7(15,16)17,8(18,19)20)3(22,5(9,10)11)6(12,13)14/h22H,1H3. The van der Waals surface area contributed by atoms with Crippen LogP contribution in [0, 0.1) is 0 Å². The molecule has 0 heterocycles. The maximum atomic E-state index is 12.6. The van der Waals surface area contributed by atoms with Crippen LogP contribution < -0.4 is 0 Å². The first-order valence-corrected chi connectivity index (χ1v) is 4.85. The van der Waals surface area contributed by atoms with Gasteiger partial charge < -0.3 is 9.84 Å². The molecule has 0 aliphatic rings. The third-order valence-electron chi connectivity index (χ3n) is 2.43. The molecule has 0 aliphatic carbocycles. The van der Waals surface area contributed by atoms with Gasteiger partial charge in [-0.05, 0) is 0 Å². The summed E-state index contributed by atoms with van der Waals surface area (Å²) in [5.74, 6) is -2.80. The van der Waals surface area contributed by atoms with Crippen molar-refractivity contribution in [1.29, 1.82) is 0 Å². The Labute approximate surface area is 117 Å². The third-order valence-corrected chi connectivity index (χ3v) is 2.43. The van der Waals surface area contributed by atoms with Crippen molar-refractivity contribution in [2.45, 2.75) is 42.8 Å². The maximum Gasteiger partial charge on any atom is 0.441 e. The van der Waals surface area contributed by atoms with Gasteiger partial charge in [-0.2, -0.15) is 52.7 Å². The molecule has 0 bridgehead atoms. The van der Waals surface area contributed by atoms with Gasteiger partial charge in [0.25, 0.3) is 0 Å². The van der Waals surface area contributed by atoms with Crippen LogP contribution in [0.1, 0.15) is 6.92 Å². The van der Waals surface area contributed by atoms with Crippen LogP contribution >= 0.6 is 0 Å². The van der Waals surface area contributed by atoms with Crippen LogP contribution in [-0.2, 0) is 9.53 Å². The number of carbonyl (C=O) groups excluding carboxylic acids is 1.